The molecular weight excluding hydrogens is 124 g/mol. The Kier molecular flexibility index (Phi) is 0.743. The smallest absolute Gasteiger partial charge is 0.0446 e. The standard InChI is InChI=1S/C5H12N2.ClH/c6-7-4-2-1-3-5-7;/h1-6H2;1H/i1D2,2D2,3D2,4D2,5D2;. The van der Waals surface area contributed by atoms with Crippen LogP contribution in [0.3, 0.4) is 0 Å². The highest BCUT2D eigenvalue weighted by Gasteiger charge is 2.02. The topological polar surface area (TPSA) is 29.3 Å². The van der Waals surface area contributed by atoms with Crippen LogP contribution < -0.4 is 5.84 Å². The number of nitrogens with zero attached hydrogens (tertiary/aromatic N) is 1. The summed E-state index contributed by atoms with van der Waals surface area (Å²) >= 11 is 0. The van der Waals surface area contributed by atoms with E-state index in [-0.39, 0.29) is 17.4 Å². The maximum Gasteiger partial charge on any atom is 0.0446 e. The third-order valence-corrected chi connectivity index (χ3v) is 0.478. The second-order valence-electron chi connectivity index (χ2n) is 0.969. The lowest BCUT2D eigenvalue weighted by Crippen LogP contribution is -2.35. The van der Waals surface area contributed by atoms with E-state index in [2.05, 4.69) is 0 Å². The number of halogens is 1. The summed E-state index contributed by atoms with van der Waals surface area (Å²) in [4.78, 5) is 0. The van der Waals surface area contributed by atoms with E-state index in [0.29, 0.717) is 0 Å². The third-order valence-electron chi connectivity index (χ3n) is 0.478. The largest absolute Gasteiger partial charge is 0.269 e. The molecule has 1 fully saturated rings. The Morgan fingerprint density at radius 2 is 1.75 bits per heavy atom. The fourth-order valence-electron chi connectivity index (χ4n) is 0.236. The van der Waals surface area contributed by atoms with Gasteiger partial charge in [-0.25, -0.2) is 5.01 Å². The lowest BCUT2D eigenvalue weighted by molar-refractivity contribution is 0.235. The van der Waals surface area contributed by atoms with Crippen LogP contribution in [0.2, 0.25) is 0 Å². The molecule has 0 unspecified atom stereocenters. The van der Waals surface area contributed by atoms with Crippen LogP contribution in [0.15, 0.2) is 0 Å². The van der Waals surface area contributed by atoms with E-state index in [9.17, 15) is 0 Å². The van der Waals surface area contributed by atoms with Crippen molar-refractivity contribution in [2.24, 2.45) is 5.84 Å². The van der Waals surface area contributed by atoms with Gasteiger partial charge in [0.1, 0.15) is 0 Å². The number of hydrazine groups is 1. The van der Waals surface area contributed by atoms with Gasteiger partial charge in [0.15, 0.2) is 0 Å². The summed E-state index contributed by atoms with van der Waals surface area (Å²) in [6.45, 7) is -6.38. The highest BCUT2D eigenvalue weighted by atomic mass is 35.5. The van der Waals surface area contributed by atoms with Crippen LogP contribution in [0.4, 0.5) is 0 Å². The van der Waals surface area contributed by atoms with Crippen LogP contribution in [-0.2, 0) is 0 Å². The van der Waals surface area contributed by atoms with Gasteiger partial charge in [0.2, 0.25) is 0 Å². The van der Waals surface area contributed by atoms with Gasteiger partial charge < -0.3 is 0 Å². The van der Waals surface area contributed by atoms with Crippen molar-refractivity contribution in [2.75, 3.05) is 13.0 Å². The zero-order chi connectivity index (χ0) is 14.1. The summed E-state index contributed by atoms with van der Waals surface area (Å²) in [6, 6.07) is 0. The first-order chi connectivity index (χ1) is 7.15. The molecule has 2 nitrogen and oxygen atoms in total. The summed E-state index contributed by atoms with van der Waals surface area (Å²) in [7, 11) is 0. The molecule has 0 aliphatic carbocycles. The lowest BCUT2D eigenvalue weighted by atomic mass is 10.2. The summed E-state index contributed by atoms with van der Waals surface area (Å²) in [6.07, 6.45) is -10.0. The van der Waals surface area contributed by atoms with Crippen LogP contribution in [0.25, 0.3) is 0 Å². The highest BCUT2D eigenvalue weighted by molar-refractivity contribution is 5.85. The molecule has 1 rings (SSSR count). The summed E-state index contributed by atoms with van der Waals surface area (Å²) in [5.41, 5.74) is 0. The van der Waals surface area contributed by atoms with Crippen LogP contribution in [0.1, 0.15) is 32.8 Å². The van der Waals surface area contributed by atoms with Crippen molar-refractivity contribution in [3.05, 3.63) is 0 Å². The van der Waals surface area contributed by atoms with Crippen LogP contribution in [-0.4, -0.2) is 18.0 Å². The minimum absolute atomic E-state index is 0. The molecule has 50 valence electrons. The van der Waals surface area contributed by atoms with E-state index in [1.165, 1.54) is 0 Å². The van der Waals surface area contributed by atoms with Gasteiger partial charge in [-0.1, -0.05) is 6.37 Å². The molecule has 3 heteroatoms. The fourth-order valence-corrected chi connectivity index (χ4v) is 0.236. The van der Waals surface area contributed by atoms with Gasteiger partial charge >= 0.3 is 0 Å². The van der Waals surface area contributed by atoms with Gasteiger partial charge in [0, 0.05) is 26.7 Å². The zero-order valence-electron chi connectivity index (χ0n) is 13.9. The molecule has 0 spiro atoms. The lowest BCUT2D eigenvalue weighted by Gasteiger charge is -2.20. The van der Waals surface area contributed by atoms with E-state index in [4.69, 9.17) is 19.6 Å². The van der Waals surface area contributed by atoms with Crippen LogP contribution >= 0.6 is 12.4 Å². The summed E-state index contributed by atoms with van der Waals surface area (Å²) in [5, 5.41) is -0.235. The Morgan fingerprint density at radius 3 is 2.25 bits per heavy atom. The van der Waals surface area contributed by atoms with E-state index in [1.54, 1.807) is 0 Å². The first kappa shape index (κ1) is 1.44. The number of rotatable bonds is 0. The van der Waals surface area contributed by atoms with Crippen molar-refractivity contribution in [2.45, 2.75) is 19.1 Å². The van der Waals surface area contributed by atoms with Crippen molar-refractivity contribution < 1.29 is 13.7 Å². The molecule has 0 bridgehead atoms. The van der Waals surface area contributed by atoms with E-state index < -0.39 is 32.1 Å². The van der Waals surface area contributed by atoms with E-state index in [1.807, 2.05) is 0 Å². The summed E-state index contributed by atoms with van der Waals surface area (Å²) < 4.78 is 73.8. The second kappa shape index (κ2) is 4.13. The monoisotopic (exact) mass is 146 g/mol. The van der Waals surface area contributed by atoms with Crippen LogP contribution in [0, 0.1) is 0 Å². The number of nitrogens with two attached hydrogens (primary N) is 1. The first-order valence-electron chi connectivity index (χ1n) is 6.71. The number of piperidine rings is 1. The van der Waals surface area contributed by atoms with Gasteiger partial charge in [-0.15, -0.1) is 12.4 Å². The molecule has 2 N–H and O–H groups in total. The second-order valence-corrected chi connectivity index (χ2v) is 0.969. The molecule has 0 saturated carbocycles. The molecular formula is C5H13ClN2. The average Bonchev–Trinajstić information content (AvgIpc) is 2.13. The third kappa shape index (κ3) is 2.50. The van der Waals surface area contributed by atoms with Gasteiger partial charge in [0.05, 0.1) is 0 Å². The highest BCUT2D eigenvalue weighted by Crippen LogP contribution is 2.03. The van der Waals surface area contributed by atoms with Gasteiger partial charge in [-0.2, -0.15) is 0 Å². The Bertz CT molecular complexity index is 311. The fraction of sp³-hybridized carbons (Fsp3) is 1.00. The molecule has 0 aromatic heterocycles. The Hall–Kier alpha value is 0.210. The van der Waals surface area contributed by atoms with E-state index in [0.717, 1.165) is 0 Å². The molecule has 1 saturated heterocycles. The Labute approximate surface area is 70.5 Å². The molecule has 1 heterocycles. The average molecular weight is 147 g/mol. The van der Waals surface area contributed by atoms with Crippen LogP contribution in [0.5, 0.6) is 0 Å². The Morgan fingerprint density at radius 1 is 1.25 bits per heavy atom. The molecule has 0 aromatic carbocycles. The van der Waals surface area contributed by atoms with Gasteiger partial charge in [-0.05, 0) is 12.7 Å². The van der Waals surface area contributed by atoms with Gasteiger partial charge in [0.25, 0.3) is 0 Å². The predicted molar refractivity (Wildman–Crippen MR) is 36.9 cm³/mol. The molecule has 8 heavy (non-hydrogen) atoms. The molecule has 0 atom stereocenters. The molecule has 0 amide bonds. The minimum atomic E-state index is -3.39. The minimum Gasteiger partial charge on any atom is -0.269 e. The maximum atomic E-state index is 7.39. The molecule has 0 aromatic rings. The molecule has 1 aliphatic rings. The molecule has 1 aliphatic heterocycles. The van der Waals surface area contributed by atoms with Crippen molar-refractivity contribution >= 4 is 12.4 Å². The zero-order valence-corrected chi connectivity index (χ0v) is 4.75. The SMILES string of the molecule is Cl.[2H]C1([2H])N(N)C([2H])([2H])C([2H])([2H])C([2H])([2H])C1([2H])[2H]. The van der Waals surface area contributed by atoms with Crippen molar-refractivity contribution in [3.8, 4) is 0 Å². The van der Waals surface area contributed by atoms with E-state index >= 15 is 0 Å². The quantitative estimate of drug-likeness (QED) is 0.512. The van der Waals surface area contributed by atoms with Crippen molar-refractivity contribution in [1.29, 1.82) is 0 Å². The molecule has 0 radical (unpaired) electrons. The van der Waals surface area contributed by atoms with Crippen molar-refractivity contribution in [1.82, 2.24) is 5.01 Å². The number of hydrogen-bond acceptors (Lipinski definition) is 2. The summed E-state index contributed by atoms with van der Waals surface area (Å²) in [5.74, 6) is 5.10. The number of hydrogen-bond donors (Lipinski definition) is 1. The Balaban J connectivity index is 0.00000289. The van der Waals surface area contributed by atoms with Crippen molar-refractivity contribution in [3.63, 3.8) is 0 Å². The van der Waals surface area contributed by atoms with Gasteiger partial charge in [-0.3, -0.25) is 5.84 Å². The maximum absolute atomic E-state index is 7.39. The predicted octanol–water partition coefficient (Wildman–Crippen LogP) is 0.768. The first-order valence-corrected chi connectivity index (χ1v) is 1.71. The normalized spacial score (nSPS) is 72.1.